The summed E-state index contributed by atoms with van der Waals surface area (Å²) in [6.45, 7) is 1.40. The zero-order valence-electron chi connectivity index (χ0n) is 14.4. The van der Waals surface area contributed by atoms with Gasteiger partial charge >= 0.3 is 0 Å². The van der Waals surface area contributed by atoms with Gasteiger partial charge in [0.2, 0.25) is 5.88 Å². The highest BCUT2D eigenvalue weighted by atomic mass is 32.1. The van der Waals surface area contributed by atoms with Crippen LogP contribution >= 0.6 is 11.5 Å². The van der Waals surface area contributed by atoms with E-state index in [0.29, 0.717) is 29.8 Å². The van der Waals surface area contributed by atoms with E-state index in [0.717, 1.165) is 30.1 Å². The number of rotatable bonds is 4. The SMILES string of the molecule is COc1cc(C(=O)N2CCC(c3nc(-c4ccccc4)n[nH]3)CC2)sn1. The van der Waals surface area contributed by atoms with Crippen molar-refractivity contribution in [3.63, 3.8) is 0 Å². The molecule has 1 amide bonds. The third-order valence-corrected chi connectivity index (χ3v) is 5.37. The molecule has 0 spiro atoms. The fraction of sp³-hybridized carbons (Fsp3) is 0.333. The Bertz CT molecular complexity index is 884. The molecule has 2 aromatic heterocycles. The zero-order valence-corrected chi connectivity index (χ0v) is 15.2. The maximum atomic E-state index is 12.6. The van der Waals surface area contributed by atoms with E-state index < -0.39 is 0 Å². The monoisotopic (exact) mass is 369 g/mol. The molecule has 4 rings (SSSR count). The first-order chi connectivity index (χ1) is 12.7. The van der Waals surface area contributed by atoms with Crippen molar-refractivity contribution >= 4 is 17.4 Å². The predicted molar refractivity (Wildman–Crippen MR) is 98.4 cm³/mol. The highest BCUT2D eigenvalue weighted by Gasteiger charge is 2.27. The van der Waals surface area contributed by atoms with E-state index in [2.05, 4.69) is 19.6 Å². The summed E-state index contributed by atoms with van der Waals surface area (Å²) in [5.74, 6) is 2.42. The van der Waals surface area contributed by atoms with Crippen LogP contribution in [0.5, 0.6) is 5.88 Å². The second-order valence-electron chi connectivity index (χ2n) is 6.21. The van der Waals surface area contributed by atoms with Gasteiger partial charge in [-0.1, -0.05) is 30.3 Å². The number of benzene rings is 1. The summed E-state index contributed by atoms with van der Waals surface area (Å²) in [5, 5.41) is 7.41. The molecule has 1 N–H and O–H groups in total. The molecule has 1 saturated heterocycles. The van der Waals surface area contributed by atoms with Crippen LogP contribution in [0.3, 0.4) is 0 Å². The third-order valence-electron chi connectivity index (χ3n) is 4.61. The van der Waals surface area contributed by atoms with Gasteiger partial charge in [0.1, 0.15) is 10.7 Å². The summed E-state index contributed by atoms with van der Waals surface area (Å²) < 4.78 is 9.15. The molecule has 0 unspecified atom stereocenters. The van der Waals surface area contributed by atoms with Crippen molar-refractivity contribution in [3.8, 4) is 17.3 Å². The van der Waals surface area contributed by atoms with E-state index in [1.807, 2.05) is 35.2 Å². The molecular weight excluding hydrogens is 350 g/mol. The fourth-order valence-corrected chi connectivity index (χ4v) is 3.82. The summed E-state index contributed by atoms with van der Waals surface area (Å²) in [6, 6.07) is 11.6. The van der Waals surface area contributed by atoms with Gasteiger partial charge in [-0.25, -0.2) is 4.98 Å². The standard InChI is InChI=1S/C18H19N5O2S/c1-25-15-11-14(26-22-15)18(24)23-9-7-13(8-10-23)17-19-16(20-21-17)12-5-3-2-4-6-12/h2-6,11,13H,7-10H2,1H3,(H,19,20,21). The van der Waals surface area contributed by atoms with E-state index in [9.17, 15) is 4.79 Å². The smallest absolute Gasteiger partial charge is 0.265 e. The molecule has 7 nitrogen and oxygen atoms in total. The van der Waals surface area contributed by atoms with Crippen molar-refractivity contribution in [1.29, 1.82) is 0 Å². The maximum absolute atomic E-state index is 12.6. The van der Waals surface area contributed by atoms with Gasteiger partial charge in [-0.2, -0.15) is 9.47 Å². The van der Waals surface area contributed by atoms with Gasteiger partial charge in [0, 0.05) is 30.6 Å². The van der Waals surface area contributed by atoms with Crippen LogP contribution in [0, 0.1) is 0 Å². The Labute approximate surface area is 155 Å². The Balaban J connectivity index is 1.39. The molecule has 0 saturated carbocycles. The van der Waals surface area contributed by atoms with Crippen LogP contribution in [-0.2, 0) is 0 Å². The molecule has 134 valence electrons. The average molecular weight is 369 g/mol. The van der Waals surface area contributed by atoms with Gasteiger partial charge in [0.05, 0.1) is 7.11 Å². The molecule has 1 aliphatic heterocycles. The summed E-state index contributed by atoms with van der Waals surface area (Å²) >= 11 is 1.18. The van der Waals surface area contributed by atoms with Gasteiger partial charge < -0.3 is 9.64 Å². The molecular formula is C18H19N5O2S. The topological polar surface area (TPSA) is 84.0 Å². The number of piperidine rings is 1. The van der Waals surface area contributed by atoms with Crippen molar-refractivity contribution in [1.82, 2.24) is 24.5 Å². The molecule has 1 aromatic carbocycles. The molecule has 3 heterocycles. The Morgan fingerprint density at radius 1 is 1.27 bits per heavy atom. The van der Waals surface area contributed by atoms with Crippen molar-refractivity contribution in [2.75, 3.05) is 20.2 Å². The molecule has 3 aromatic rings. The van der Waals surface area contributed by atoms with E-state index in [4.69, 9.17) is 4.74 Å². The number of ether oxygens (including phenoxy) is 1. The summed E-state index contributed by atoms with van der Waals surface area (Å²) in [7, 11) is 1.55. The second kappa shape index (κ2) is 7.25. The summed E-state index contributed by atoms with van der Waals surface area (Å²) in [4.78, 5) is 19.7. The van der Waals surface area contributed by atoms with Crippen LogP contribution < -0.4 is 4.74 Å². The molecule has 1 aliphatic rings. The minimum atomic E-state index is 0.0202. The number of hydrogen-bond donors (Lipinski definition) is 1. The van der Waals surface area contributed by atoms with Gasteiger partial charge in [-0.15, -0.1) is 0 Å². The highest BCUT2D eigenvalue weighted by molar-refractivity contribution is 7.08. The van der Waals surface area contributed by atoms with E-state index >= 15 is 0 Å². The molecule has 26 heavy (non-hydrogen) atoms. The Morgan fingerprint density at radius 2 is 2.04 bits per heavy atom. The van der Waals surface area contributed by atoms with Crippen molar-refractivity contribution in [2.24, 2.45) is 0 Å². The van der Waals surface area contributed by atoms with Crippen molar-refractivity contribution in [2.45, 2.75) is 18.8 Å². The minimum Gasteiger partial charge on any atom is -0.480 e. The van der Waals surface area contributed by atoms with E-state index in [1.165, 1.54) is 11.5 Å². The molecule has 0 bridgehead atoms. The predicted octanol–water partition coefficient (Wildman–Crippen LogP) is 2.96. The van der Waals surface area contributed by atoms with E-state index in [-0.39, 0.29) is 5.91 Å². The Kier molecular flexibility index (Phi) is 4.66. The zero-order chi connectivity index (χ0) is 17.9. The van der Waals surface area contributed by atoms with Gasteiger partial charge in [-0.05, 0) is 24.4 Å². The number of nitrogens with zero attached hydrogens (tertiary/aromatic N) is 4. The summed E-state index contributed by atoms with van der Waals surface area (Å²) in [5.41, 5.74) is 1.00. The van der Waals surface area contributed by atoms with Crippen LogP contribution in [0.1, 0.15) is 34.3 Å². The normalized spacial score (nSPS) is 15.2. The third kappa shape index (κ3) is 3.32. The number of aromatic amines is 1. The molecule has 1 fully saturated rings. The lowest BCUT2D eigenvalue weighted by molar-refractivity contribution is 0.0716. The number of carbonyl (C=O) groups excluding carboxylic acids is 1. The molecule has 8 heteroatoms. The van der Waals surface area contributed by atoms with Crippen LogP contribution in [0.4, 0.5) is 0 Å². The van der Waals surface area contributed by atoms with Crippen molar-refractivity contribution < 1.29 is 9.53 Å². The number of likely N-dealkylation sites (tertiary alicyclic amines) is 1. The lowest BCUT2D eigenvalue weighted by Crippen LogP contribution is -2.37. The quantitative estimate of drug-likeness (QED) is 0.764. The van der Waals surface area contributed by atoms with Gasteiger partial charge in [0.15, 0.2) is 5.82 Å². The number of amides is 1. The number of carbonyl (C=O) groups is 1. The van der Waals surface area contributed by atoms with Crippen LogP contribution in [0.2, 0.25) is 0 Å². The van der Waals surface area contributed by atoms with Crippen LogP contribution in [0.25, 0.3) is 11.4 Å². The second-order valence-corrected chi connectivity index (χ2v) is 7.02. The van der Waals surface area contributed by atoms with Crippen molar-refractivity contribution in [3.05, 3.63) is 47.1 Å². The number of nitrogens with one attached hydrogen (secondary N) is 1. The largest absolute Gasteiger partial charge is 0.480 e. The van der Waals surface area contributed by atoms with Crippen LogP contribution in [0.15, 0.2) is 36.4 Å². The number of hydrogen-bond acceptors (Lipinski definition) is 6. The van der Waals surface area contributed by atoms with Gasteiger partial charge in [0.25, 0.3) is 5.91 Å². The minimum absolute atomic E-state index is 0.0202. The van der Waals surface area contributed by atoms with E-state index in [1.54, 1.807) is 13.2 Å². The molecule has 0 atom stereocenters. The first kappa shape index (κ1) is 16.7. The lowest BCUT2D eigenvalue weighted by Gasteiger charge is -2.30. The molecule has 0 aliphatic carbocycles. The Hall–Kier alpha value is -2.74. The summed E-state index contributed by atoms with van der Waals surface area (Å²) in [6.07, 6.45) is 1.73. The van der Waals surface area contributed by atoms with Gasteiger partial charge in [-0.3, -0.25) is 9.89 Å². The number of H-pyrrole nitrogens is 1. The first-order valence-corrected chi connectivity index (χ1v) is 9.29. The average Bonchev–Trinajstić information content (AvgIpc) is 3.38. The molecule has 0 radical (unpaired) electrons. The van der Waals surface area contributed by atoms with Crippen LogP contribution in [-0.4, -0.2) is 50.6 Å². The Morgan fingerprint density at radius 3 is 2.73 bits per heavy atom. The lowest BCUT2D eigenvalue weighted by atomic mass is 9.96. The number of methoxy groups -OCH3 is 1. The number of aromatic nitrogens is 4. The first-order valence-electron chi connectivity index (χ1n) is 8.52. The highest BCUT2D eigenvalue weighted by Crippen LogP contribution is 2.28. The maximum Gasteiger partial charge on any atom is 0.265 e. The fourth-order valence-electron chi connectivity index (χ4n) is 3.14.